The van der Waals surface area contributed by atoms with E-state index in [0.29, 0.717) is 6.54 Å². The molecular weight excluding hydrogens is 328 g/mol. The molecule has 0 atom stereocenters. The second kappa shape index (κ2) is 9.46. The van der Waals surface area contributed by atoms with Gasteiger partial charge in [0, 0.05) is 50.0 Å². The molecule has 0 spiro atoms. The summed E-state index contributed by atoms with van der Waals surface area (Å²) in [6.45, 7) is 12.1. The molecule has 0 aromatic heterocycles. The van der Waals surface area contributed by atoms with Crippen LogP contribution >= 0.6 is 0 Å². The zero-order valence-corrected chi connectivity index (χ0v) is 17.4. The second-order valence-electron chi connectivity index (χ2n) is 7.71. The minimum Gasteiger partial charge on any atom is -0.377 e. The van der Waals surface area contributed by atoms with Crippen LogP contribution in [0.2, 0.25) is 0 Å². The molecule has 26 heavy (non-hydrogen) atoms. The van der Waals surface area contributed by atoms with Gasteiger partial charge in [-0.25, -0.2) is 4.79 Å². The summed E-state index contributed by atoms with van der Waals surface area (Å²) < 4.78 is 0. The van der Waals surface area contributed by atoms with Crippen molar-refractivity contribution in [1.82, 2.24) is 10.2 Å². The summed E-state index contributed by atoms with van der Waals surface area (Å²) in [4.78, 5) is 28.4. The molecule has 0 heterocycles. The Hall–Kier alpha value is -2.24. The molecule has 0 fully saturated rings. The van der Waals surface area contributed by atoms with E-state index < -0.39 is 0 Å². The quantitative estimate of drug-likeness (QED) is 0.778. The summed E-state index contributed by atoms with van der Waals surface area (Å²) in [5.41, 5.74) is 2.76. The second-order valence-corrected chi connectivity index (χ2v) is 7.71. The molecule has 6 heteroatoms. The number of anilines is 2. The Morgan fingerprint density at radius 2 is 1.65 bits per heavy atom. The lowest BCUT2D eigenvalue weighted by molar-refractivity contribution is -0.118. The minimum atomic E-state index is -0.0871. The van der Waals surface area contributed by atoms with Crippen LogP contribution in [0, 0.1) is 5.92 Å². The third-order valence-electron chi connectivity index (χ3n) is 3.99. The Labute approximate surface area is 157 Å². The third kappa shape index (κ3) is 6.24. The third-order valence-corrected chi connectivity index (χ3v) is 3.99. The smallest absolute Gasteiger partial charge is 0.318 e. The van der Waals surface area contributed by atoms with E-state index in [4.69, 9.17) is 0 Å². The van der Waals surface area contributed by atoms with Crippen molar-refractivity contribution in [2.45, 2.75) is 60.2 Å². The van der Waals surface area contributed by atoms with E-state index in [-0.39, 0.29) is 29.9 Å². The molecule has 3 amide bonds. The average Bonchev–Trinajstić information content (AvgIpc) is 2.51. The molecule has 2 N–H and O–H groups in total. The van der Waals surface area contributed by atoms with Gasteiger partial charge in [-0.2, -0.15) is 0 Å². The van der Waals surface area contributed by atoms with Crippen molar-refractivity contribution in [3.05, 3.63) is 23.8 Å². The van der Waals surface area contributed by atoms with Gasteiger partial charge in [-0.15, -0.1) is 0 Å². The molecule has 0 bridgehead atoms. The Morgan fingerprint density at radius 1 is 1.04 bits per heavy atom. The molecule has 0 saturated heterocycles. The van der Waals surface area contributed by atoms with Crippen LogP contribution in [0.4, 0.5) is 16.2 Å². The number of rotatable bonds is 7. The normalized spacial score (nSPS) is 11.0. The number of nitrogens with zero attached hydrogens (tertiary/aromatic N) is 2. The Bertz CT molecular complexity index is 624. The highest BCUT2D eigenvalue weighted by atomic mass is 16.2. The summed E-state index contributed by atoms with van der Waals surface area (Å²) in [5, 5.41) is 5.89. The lowest BCUT2D eigenvalue weighted by atomic mass is 10.1. The summed E-state index contributed by atoms with van der Waals surface area (Å²) in [6, 6.07) is 5.87. The van der Waals surface area contributed by atoms with E-state index in [1.807, 2.05) is 78.7 Å². The topological polar surface area (TPSA) is 64.7 Å². The van der Waals surface area contributed by atoms with Crippen molar-refractivity contribution in [2.75, 3.05) is 24.3 Å². The summed E-state index contributed by atoms with van der Waals surface area (Å²) in [5.74, 6) is -0.109. The van der Waals surface area contributed by atoms with Crippen LogP contribution in [-0.4, -0.2) is 43.0 Å². The average molecular weight is 363 g/mol. The van der Waals surface area contributed by atoms with Crippen LogP contribution in [0.1, 0.15) is 47.1 Å². The zero-order chi connectivity index (χ0) is 20.0. The minimum absolute atomic E-state index is 0.0215. The molecule has 0 unspecified atom stereocenters. The van der Waals surface area contributed by atoms with Crippen molar-refractivity contribution >= 4 is 23.3 Å². The maximum absolute atomic E-state index is 12.6. The molecule has 146 valence electrons. The van der Waals surface area contributed by atoms with Gasteiger partial charge in [0.15, 0.2) is 0 Å². The first-order valence-electron chi connectivity index (χ1n) is 9.21. The lowest BCUT2D eigenvalue weighted by Gasteiger charge is -2.30. The van der Waals surface area contributed by atoms with Crippen LogP contribution in [0.3, 0.4) is 0 Å². The number of carbonyl (C=O) groups excluding carboxylic acids is 2. The summed E-state index contributed by atoms with van der Waals surface area (Å²) in [7, 11) is 3.94. The van der Waals surface area contributed by atoms with E-state index >= 15 is 0 Å². The van der Waals surface area contributed by atoms with Crippen LogP contribution in [0.15, 0.2) is 18.2 Å². The van der Waals surface area contributed by atoms with E-state index in [1.165, 1.54) is 0 Å². The molecule has 1 rings (SSSR count). The number of benzene rings is 1. The molecule has 1 aromatic rings. The molecule has 0 radical (unpaired) electrons. The van der Waals surface area contributed by atoms with Gasteiger partial charge in [-0.3, -0.25) is 4.79 Å². The predicted octanol–water partition coefficient (Wildman–Crippen LogP) is 3.68. The van der Waals surface area contributed by atoms with Gasteiger partial charge in [-0.1, -0.05) is 13.8 Å². The fourth-order valence-corrected chi connectivity index (χ4v) is 2.52. The van der Waals surface area contributed by atoms with E-state index in [2.05, 4.69) is 10.6 Å². The van der Waals surface area contributed by atoms with Gasteiger partial charge >= 0.3 is 6.03 Å². The van der Waals surface area contributed by atoms with Crippen LogP contribution < -0.4 is 15.5 Å². The Morgan fingerprint density at radius 3 is 2.12 bits per heavy atom. The van der Waals surface area contributed by atoms with E-state index in [9.17, 15) is 9.59 Å². The number of nitrogens with one attached hydrogen (secondary N) is 2. The molecule has 0 aliphatic rings. The molecule has 0 aliphatic carbocycles. The van der Waals surface area contributed by atoms with Gasteiger partial charge in [0.2, 0.25) is 5.91 Å². The number of hydrogen-bond donors (Lipinski definition) is 2. The number of amides is 3. The SMILES string of the molecule is CC(C)NC(=O)N(Cc1cc(NC(=O)C(C)C)ccc1N(C)C)C(C)C. The Balaban J connectivity index is 3.16. The predicted molar refractivity (Wildman–Crippen MR) is 109 cm³/mol. The largest absolute Gasteiger partial charge is 0.377 e. The molecule has 0 saturated carbocycles. The van der Waals surface area contributed by atoms with Crippen molar-refractivity contribution in [1.29, 1.82) is 0 Å². The molecule has 6 nitrogen and oxygen atoms in total. The van der Waals surface area contributed by atoms with Crippen LogP contribution in [-0.2, 0) is 11.3 Å². The van der Waals surface area contributed by atoms with Gasteiger partial charge in [0.05, 0.1) is 0 Å². The standard InChI is InChI=1S/C20H34N4O2/c1-13(2)19(25)22-17-9-10-18(23(7)8)16(11-17)12-24(15(5)6)20(26)21-14(3)4/h9-11,13-15H,12H2,1-8H3,(H,21,26)(H,22,25). The van der Waals surface area contributed by atoms with Gasteiger partial charge in [0.1, 0.15) is 0 Å². The zero-order valence-electron chi connectivity index (χ0n) is 17.4. The first-order chi connectivity index (χ1) is 12.0. The fourth-order valence-electron chi connectivity index (χ4n) is 2.52. The maximum Gasteiger partial charge on any atom is 0.318 e. The van der Waals surface area contributed by atoms with Crippen LogP contribution in [0.25, 0.3) is 0 Å². The van der Waals surface area contributed by atoms with Crippen molar-refractivity contribution in [3.63, 3.8) is 0 Å². The number of urea groups is 1. The highest BCUT2D eigenvalue weighted by Crippen LogP contribution is 2.25. The fraction of sp³-hybridized carbons (Fsp3) is 0.600. The van der Waals surface area contributed by atoms with Crippen molar-refractivity contribution in [3.8, 4) is 0 Å². The highest BCUT2D eigenvalue weighted by molar-refractivity contribution is 5.92. The number of carbonyl (C=O) groups is 2. The number of hydrogen-bond acceptors (Lipinski definition) is 3. The summed E-state index contributed by atoms with van der Waals surface area (Å²) in [6.07, 6.45) is 0. The highest BCUT2D eigenvalue weighted by Gasteiger charge is 2.20. The monoisotopic (exact) mass is 362 g/mol. The Kier molecular flexibility index (Phi) is 7.93. The molecule has 0 aliphatic heterocycles. The summed E-state index contributed by atoms with van der Waals surface area (Å²) >= 11 is 0. The van der Waals surface area contributed by atoms with E-state index in [0.717, 1.165) is 16.9 Å². The first kappa shape index (κ1) is 21.8. The van der Waals surface area contributed by atoms with Crippen LogP contribution in [0.5, 0.6) is 0 Å². The van der Waals surface area contributed by atoms with Gasteiger partial charge < -0.3 is 20.4 Å². The van der Waals surface area contributed by atoms with Gasteiger partial charge in [-0.05, 0) is 51.5 Å². The van der Waals surface area contributed by atoms with Crippen molar-refractivity contribution < 1.29 is 9.59 Å². The van der Waals surface area contributed by atoms with Crippen molar-refractivity contribution in [2.24, 2.45) is 5.92 Å². The van der Waals surface area contributed by atoms with Gasteiger partial charge in [0.25, 0.3) is 0 Å². The molecule has 1 aromatic carbocycles. The lowest BCUT2D eigenvalue weighted by Crippen LogP contribution is -2.46. The maximum atomic E-state index is 12.6. The molecular formula is C20H34N4O2. The van der Waals surface area contributed by atoms with E-state index in [1.54, 1.807) is 4.90 Å². The first-order valence-corrected chi connectivity index (χ1v) is 9.21.